The van der Waals surface area contributed by atoms with Gasteiger partial charge >= 0.3 is 0 Å². The Labute approximate surface area is 164 Å². The van der Waals surface area contributed by atoms with Crippen LogP contribution in [0.25, 0.3) is 0 Å². The van der Waals surface area contributed by atoms with E-state index in [2.05, 4.69) is 15.0 Å². The Bertz CT molecular complexity index is 1120. The van der Waals surface area contributed by atoms with Crippen molar-refractivity contribution in [2.24, 2.45) is 0 Å². The van der Waals surface area contributed by atoms with Crippen LogP contribution in [0.3, 0.4) is 0 Å². The molecular weight excluding hydrogens is 374 g/mol. The fourth-order valence-corrected chi connectivity index (χ4v) is 3.68. The number of anilines is 3. The van der Waals surface area contributed by atoms with Gasteiger partial charge in [-0.2, -0.15) is 0 Å². The number of ketones is 1. The molecular formula is C21H21N3O3S. The molecule has 6 nitrogen and oxygen atoms in total. The Morgan fingerprint density at radius 3 is 2.36 bits per heavy atom. The van der Waals surface area contributed by atoms with Gasteiger partial charge in [0.25, 0.3) is 10.0 Å². The number of benzene rings is 2. The summed E-state index contributed by atoms with van der Waals surface area (Å²) in [6.45, 7) is 5.31. The molecule has 7 heteroatoms. The smallest absolute Gasteiger partial charge is 0.263 e. The molecule has 3 aromatic rings. The van der Waals surface area contributed by atoms with Crippen LogP contribution in [0.2, 0.25) is 0 Å². The number of pyridine rings is 1. The number of nitrogens with one attached hydrogen (secondary N) is 2. The standard InChI is InChI=1S/C21H21N3O3S/c1-14-7-9-20(11-15(14)2)28(26,27)24-21-10-8-19(13-22-21)23-18-6-4-5-17(12-18)16(3)25/h4-13,23H,1-3H3,(H,22,24). The summed E-state index contributed by atoms with van der Waals surface area (Å²) in [7, 11) is -3.71. The number of rotatable bonds is 6. The summed E-state index contributed by atoms with van der Waals surface area (Å²) in [6.07, 6.45) is 1.53. The maximum Gasteiger partial charge on any atom is 0.263 e. The molecule has 0 aliphatic rings. The lowest BCUT2D eigenvalue weighted by molar-refractivity contribution is 0.101. The van der Waals surface area contributed by atoms with Gasteiger partial charge in [-0.25, -0.2) is 13.4 Å². The van der Waals surface area contributed by atoms with Crippen LogP contribution in [0.1, 0.15) is 28.4 Å². The Morgan fingerprint density at radius 1 is 0.929 bits per heavy atom. The lowest BCUT2D eigenvalue weighted by atomic mass is 10.1. The lowest BCUT2D eigenvalue weighted by Crippen LogP contribution is -2.14. The molecule has 0 bridgehead atoms. The minimum atomic E-state index is -3.71. The van der Waals surface area contributed by atoms with Gasteiger partial charge in [-0.15, -0.1) is 0 Å². The largest absolute Gasteiger partial charge is 0.354 e. The molecule has 28 heavy (non-hydrogen) atoms. The predicted octanol–water partition coefficient (Wildman–Crippen LogP) is 4.45. The van der Waals surface area contributed by atoms with Crippen molar-refractivity contribution in [3.8, 4) is 0 Å². The summed E-state index contributed by atoms with van der Waals surface area (Å²) in [5, 5.41) is 3.14. The third-order valence-corrected chi connectivity index (χ3v) is 5.70. The van der Waals surface area contributed by atoms with Gasteiger partial charge < -0.3 is 5.32 Å². The molecule has 0 unspecified atom stereocenters. The monoisotopic (exact) mass is 395 g/mol. The number of sulfonamides is 1. The molecule has 0 aliphatic heterocycles. The molecule has 144 valence electrons. The Kier molecular flexibility index (Phi) is 5.46. The normalized spacial score (nSPS) is 11.1. The molecule has 0 fully saturated rings. The van der Waals surface area contributed by atoms with E-state index >= 15 is 0 Å². The van der Waals surface area contributed by atoms with Gasteiger partial charge in [0.15, 0.2) is 5.78 Å². The molecule has 2 N–H and O–H groups in total. The highest BCUT2D eigenvalue weighted by Crippen LogP contribution is 2.21. The molecule has 2 aromatic carbocycles. The Morgan fingerprint density at radius 2 is 1.71 bits per heavy atom. The zero-order valence-corrected chi connectivity index (χ0v) is 16.7. The van der Waals surface area contributed by atoms with E-state index in [0.717, 1.165) is 16.8 Å². The second kappa shape index (κ2) is 7.82. The first-order chi connectivity index (χ1) is 13.2. The van der Waals surface area contributed by atoms with Gasteiger partial charge in [0.2, 0.25) is 0 Å². The van der Waals surface area contributed by atoms with Gasteiger partial charge in [-0.05, 0) is 68.3 Å². The van der Waals surface area contributed by atoms with Crippen LogP contribution in [-0.4, -0.2) is 19.2 Å². The van der Waals surface area contributed by atoms with Crippen molar-refractivity contribution in [1.29, 1.82) is 0 Å². The lowest BCUT2D eigenvalue weighted by Gasteiger charge is -2.11. The summed E-state index contributed by atoms with van der Waals surface area (Å²) in [6, 6.07) is 15.4. The number of carbonyl (C=O) groups excluding carboxylic acids is 1. The zero-order chi connectivity index (χ0) is 20.3. The number of Topliss-reactive ketones (excluding diaryl/α,β-unsaturated/α-hetero) is 1. The van der Waals surface area contributed by atoms with E-state index in [-0.39, 0.29) is 16.5 Å². The van der Waals surface area contributed by atoms with Crippen LogP contribution in [0.15, 0.2) is 65.7 Å². The molecule has 0 saturated carbocycles. The van der Waals surface area contributed by atoms with Gasteiger partial charge in [-0.3, -0.25) is 9.52 Å². The fourth-order valence-electron chi connectivity index (χ4n) is 2.59. The highest BCUT2D eigenvalue weighted by molar-refractivity contribution is 7.92. The molecule has 1 heterocycles. The Hall–Kier alpha value is -3.19. The van der Waals surface area contributed by atoms with Gasteiger partial charge in [-0.1, -0.05) is 18.2 Å². The summed E-state index contributed by atoms with van der Waals surface area (Å²) >= 11 is 0. The van der Waals surface area contributed by atoms with Crippen LogP contribution in [0, 0.1) is 13.8 Å². The number of hydrogen-bond donors (Lipinski definition) is 2. The van der Waals surface area contributed by atoms with Crippen LogP contribution in [0.4, 0.5) is 17.2 Å². The average molecular weight is 395 g/mol. The van der Waals surface area contributed by atoms with E-state index in [1.807, 2.05) is 19.9 Å². The Balaban J connectivity index is 1.74. The van der Waals surface area contributed by atoms with Crippen molar-refractivity contribution >= 4 is 33.0 Å². The molecule has 0 atom stereocenters. The fraction of sp³-hybridized carbons (Fsp3) is 0.143. The van der Waals surface area contributed by atoms with E-state index in [1.165, 1.54) is 13.1 Å². The summed E-state index contributed by atoms with van der Waals surface area (Å²) in [5.41, 5.74) is 3.97. The SMILES string of the molecule is CC(=O)c1cccc(Nc2ccc(NS(=O)(=O)c3ccc(C)c(C)c3)nc2)c1. The van der Waals surface area contributed by atoms with Crippen LogP contribution < -0.4 is 10.0 Å². The predicted molar refractivity (Wildman–Crippen MR) is 111 cm³/mol. The van der Waals surface area contributed by atoms with E-state index in [1.54, 1.807) is 48.5 Å². The van der Waals surface area contributed by atoms with E-state index in [4.69, 9.17) is 0 Å². The van der Waals surface area contributed by atoms with E-state index in [9.17, 15) is 13.2 Å². The summed E-state index contributed by atoms with van der Waals surface area (Å²) in [5.74, 6) is 0.208. The number of carbonyl (C=O) groups is 1. The number of nitrogens with zero attached hydrogens (tertiary/aromatic N) is 1. The van der Waals surface area contributed by atoms with Crippen LogP contribution >= 0.6 is 0 Å². The first kappa shape index (κ1) is 19.6. The van der Waals surface area contributed by atoms with Crippen molar-refractivity contribution < 1.29 is 13.2 Å². The second-order valence-electron chi connectivity index (χ2n) is 6.55. The van der Waals surface area contributed by atoms with Gasteiger partial charge in [0.05, 0.1) is 16.8 Å². The van der Waals surface area contributed by atoms with Crippen LogP contribution in [0.5, 0.6) is 0 Å². The highest BCUT2D eigenvalue weighted by Gasteiger charge is 2.15. The minimum absolute atomic E-state index is 0.0159. The summed E-state index contributed by atoms with van der Waals surface area (Å²) in [4.78, 5) is 15.8. The number of hydrogen-bond acceptors (Lipinski definition) is 5. The number of aryl methyl sites for hydroxylation is 2. The molecule has 0 amide bonds. The van der Waals surface area contributed by atoms with Crippen LogP contribution in [-0.2, 0) is 10.0 Å². The maximum absolute atomic E-state index is 12.5. The van der Waals surface area contributed by atoms with E-state index < -0.39 is 10.0 Å². The van der Waals surface area contributed by atoms with Crippen molar-refractivity contribution in [3.63, 3.8) is 0 Å². The third kappa shape index (κ3) is 4.55. The van der Waals surface area contributed by atoms with Crippen molar-refractivity contribution in [2.45, 2.75) is 25.7 Å². The van der Waals surface area contributed by atoms with Crippen molar-refractivity contribution in [1.82, 2.24) is 4.98 Å². The molecule has 0 saturated heterocycles. The maximum atomic E-state index is 12.5. The molecule has 1 aromatic heterocycles. The molecule has 0 aliphatic carbocycles. The quantitative estimate of drug-likeness (QED) is 0.602. The number of aromatic nitrogens is 1. The van der Waals surface area contributed by atoms with Crippen molar-refractivity contribution in [2.75, 3.05) is 10.0 Å². The first-order valence-corrected chi connectivity index (χ1v) is 10.2. The van der Waals surface area contributed by atoms with Gasteiger partial charge in [0.1, 0.15) is 5.82 Å². The topological polar surface area (TPSA) is 88.2 Å². The zero-order valence-electron chi connectivity index (χ0n) is 15.9. The summed E-state index contributed by atoms with van der Waals surface area (Å²) < 4.78 is 27.6. The average Bonchev–Trinajstić information content (AvgIpc) is 2.65. The van der Waals surface area contributed by atoms with Crippen molar-refractivity contribution in [3.05, 3.63) is 77.5 Å². The molecule has 0 spiro atoms. The molecule has 0 radical (unpaired) electrons. The minimum Gasteiger partial charge on any atom is -0.354 e. The third-order valence-electron chi connectivity index (χ3n) is 4.35. The second-order valence-corrected chi connectivity index (χ2v) is 8.23. The highest BCUT2D eigenvalue weighted by atomic mass is 32.2. The first-order valence-electron chi connectivity index (χ1n) is 8.69. The molecule has 3 rings (SSSR count). The van der Waals surface area contributed by atoms with E-state index in [0.29, 0.717) is 11.3 Å². The van der Waals surface area contributed by atoms with Gasteiger partial charge in [0, 0.05) is 11.3 Å².